The van der Waals surface area contributed by atoms with Gasteiger partial charge < -0.3 is 5.73 Å². The highest BCUT2D eigenvalue weighted by Gasteiger charge is 2.38. The minimum atomic E-state index is 0.338. The van der Waals surface area contributed by atoms with E-state index in [1.165, 1.54) is 24.8 Å². The molecule has 1 atom stereocenters. The highest BCUT2D eigenvalue weighted by atomic mass is 14.6. The molecule has 0 bridgehead atoms. The van der Waals surface area contributed by atoms with Crippen LogP contribution in [0.25, 0.3) is 0 Å². The standard InChI is InChI=1S/C13H19N/c1-13(7-8-13)10-12(14)9-11-5-3-2-4-6-11/h2-6,12H,7-10,14H2,1H3/t12-/m0/s1. The van der Waals surface area contributed by atoms with E-state index in [9.17, 15) is 0 Å². The van der Waals surface area contributed by atoms with Crippen LogP contribution in [0, 0.1) is 5.41 Å². The fraction of sp³-hybridized carbons (Fsp3) is 0.538. The molecule has 2 N–H and O–H groups in total. The predicted octanol–water partition coefficient (Wildman–Crippen LogP) is 2.75. The van der Waals surface area contributed by atoms with Gasteiger partial charge in [0.1, 0.15) is 0 Å². The van der Waals surface area contributed by atoms with Crippen molar-refractivity contribution >= 4 is 0 Å². The van der Waals surface area contributed by atoms with Crippen molar-refractivity contribution in [1.82, 2.24) is 0 Å². The van der Waals surface area contributed by atoms with Crippen molar-refractivity contribution < 1.29 is 0 Å². The van der Waals surface area contributed by atoms with Crippen LogP contribution in [0.3, 0.4) is 0 Å². The predicted molar refractivity (Wildman–Crippen MR) is 60.1 cm³/mol. The van der Waals surface area contributed by atoms with Gasteiger partial charge in [0.15, 0.2) is 0 Å². The lowest BCUT2D eigenvalue weighted by atomic mass is 9.95. The first-order chi connectivity index (χ1) is 6.68. The van der Waals surface area contributed by atoms with Crippen molar-refractivity contribution in [2.24, 2.45) is 11.1 Å². The molecule has 1 aromatic carbocycles. The lowest BCUT2D eigenvalue weighted by Gasteiger charge is -2.15. The summed E-state index contributed by atoms with van der Waals surface area (Å²) in [4.78, 5) is 0. The second-order valence-corrected chi connectivity index (χ2v) is 4.96. The molecule has 1 aromatic rings. The lowest BCUT2D eigenvalue weighted by Crippen LogP contribution is -2.25. The summed E-state index contributed by atoms with van der Waals surface area (Å²) in [6.07, 6.45) is 4.95. The van der Waals surface area contributed by atoms with Gasteiger partial charge in [0.05, 0.1) is 0 Å². The van der Waals surface area contributed by atoms with Crippen molar-refractivity contribution in [2.45, 2.75) is 38.6 Å². The van der Waals surface area contributed by atoms with Gasteiger partial charge in [0.2, 0.25) is 0 Å². The first-order valence-corrected chi connectivity index (χ1v) is 5.47. The van der Waals surface area contributed by atoms with E-state index >= 15 is 0 Å². The number of benzene rings is 1. The van der Waals surface area contributed by atoms with Gasteiger partial charge in [0.25, 0.3) is 0 Å². The number of rotatable bonds is 4. The summed E-state index contributed by atoms with van der Waals surface area (Å²) in [7, 11) is 0. The van der Waals surface area contributed by atoms with Crippen LogP contribution in [0.4, 0.5) is 0 Å². The zero-order chi connectivity index (χ0) is 10.0. The van der Waals surface area contributed by atoms with Gasteiger partial charge in [-0.05, 0) is 36.7 Å². The molecule has 1 aliphatic carbocycles. The van der Waals surface area contributed by atoms with Gasteiger partial charge in [0, 0.05) is 6.04 Å². The summed E-state index contributed by atoms with van der Waals surface area (Å²) in [5.74, 6) is 0. The second-order valence-electron chi connectivity index (χ2n) is 4.96. The summed E-state index contributed by atoms with van der Waals surface area (Å²) in [6.45, 7) is 2.35. The molecule has 1 heteroatoms. The third-order valence-corrected chi connectivity index (χ3v) is 3.20. The van der Waals surface area contributed by atoms with E-state index in [2.05, 4.69) is 37.3 Å². The number of hydrogen-bond acceptors (Lipinski definition) is 1. The van der Waals surface area contributed by atoms with E-state index in [0.717, 1.165) is 6.42 Å². The second kappa shape index (κ2) is 3.74. The Hall–Kier alpha value is -0.820. The van der Waals surface area contributed by atoms with Crippen molar-refractivity contribution in [1.29, 1.82) is 0 Å². The molecule has 1 fully saturated rings. The first kappa shape index (κ1) is 9.72. The van der Waals surface area contributed by atoms with E-state index in [0.29, 0.717) is 11.5 Å². The number of nitrogens with two attached hydrogens (primary N) is 1. The van der Waals surface area contributed by atoms with Crippen molar-refractivity contribution in [3.63, 3.8) is 0 Å². The molecule has 0 unspecified atom stereocenters. The Kier molecular flexibility index (Phi) is 2.60. The maximum atomic E-state index is 6.13. The Morgan fingerprint density at radius 1 is 1.29 bits per heavy atom. The average Bonchev–Trinajstić information content (AvgIpc) is 2.84. The Labute approximate surface area is 86.3 Å². The molecule has 1 aliphatic rings. The number of hydrogen-bond donors (Lipinski definition) is 1. The molecule has 0 spiro atoms. The maximum Gasteiger partial charge on any atom is 0.00845 e. The fourth-order valence-corrected chi connectivity index (χ4v) is 2.04. The molecule has 0 radical (unpaired) electrons. The van der Waals surface area contributed by atoms with Crippen LogP contribution in [0.5, 0.6) is 0 Å². The van der Waals surface area contributed by atoms with Crippen LogP contribution in [-0.4, -0.2) is 6.04 Å². The molecule has 1 saturated carbocycles. The average molecular weight is 189 g/mol. The highest BCUT2D eigenvalue weighted by molar-refractivity contribution is 5.16. The SMILES string of the molecule is CC1(C[C@@H](N)Cc2ccccc2)CC1. The van der Waals surface area contributed by atoms with Gasteiger partial charge in [-0.25, -0.2) is 0 Å². The summed E-state index contributed by atoms with van der Waals surface area (Å²) >= 11 is 0. The lowest BCUT2D eigenvalue weighted by molar-refractivity contribution is 0.445. The maximum absolute atomic E-state index is 6.13. The summed E-state index contributed by atoms with van der Waals surface area (Å²) in [5.41, 5.74) is 8.07. The van der Waals surface area contributed by atoms with Gasteiger partial charge in [-0.2, -0.15) is 0 Å². The quantitative estimate of drug-likeness (QED) is 0.774. The van der Waals surface area contributed by atoms with Crippen LogP contribution >= 0.6 is 0 Å². The van der Waals surface area contributed by atoms with Crippen LogP contribution in [-0.2, 0) is 6.42 Å². The van der Waals surface area contributed by atoms with Crippen LogP contribution in [0.1, 0.15) is 31.7 Å². The molecule has 76 valence electrons. The minimum absolute atomic E-state index is 0.338. The van der Waals surface area contributed by atoms with E-state index in [4.69, 9.17) is 5.73 Å². The van der Waals surface area contributed by atoms with E-state index in [-0.39, 0.29) is 0 Å². The molecule has 0 saturated heterocycles. The summed E-state index contributed by atoms with van der Waals surface area (Å²) < 4.78 is 0. The fourth-order valence-electron chi connectivity index (χ4n) is 2.04. The van der Waals surface area contributed by atoms with Crippen molar-refractivity contribution in [3.8, 4) is 0 Å². The Morgan fingerprint density at radius 3 is 2.50 bits per heavy atom. The van der Waals surface area contributed by atoms with E-state index in [1.54, 1.807) is 0 Å². The molecule has 0 amide bonds. The van der Waals surface area contributed by atoms with Gasteiger partial charge in [-0.1, -0.05) is 37.3 Å². The van der Waals surface area contributed by atoms with E-state index in [1.807, 2.05) is 0 Å². The van der Waals surface area contributed by atoms with Gasteiger partial charge >= 0.3 is 0 Å². The summed E-state index contributed by atoms with van der Waals surface area (Å²) in [5, 5.41) is 0. The van der Waals surface area contributed by atoms with E-state index < -0.39 is 0 Å². The molecule has 14 heavy (non-hydrogen) atoms. The molecular formula is C13H19N. The van der Waals surface area contributed by atoms with Crippen LogP contribution < -0.4 is 5.73 Å². The molecule has 2 rings (SSSR count). The Bertz CT molecular complexity index is 287. The molecule has 1 nitrogen and oxygen atoms in total. The third-order valence-electron chi connectivity index (χ3n) is 3.20. The normalized spacial score (nSPS) is 20.4. The zero-order valence-electron chi connectivity index (χ0n) is 8.87. The van der Waals surface area contributed by atoms with Crippen molar-refractivity contribution in [2.75, 3.05) is 0 Å². The Morgan fingerprint density at radius 2 is 1.93 bits per heavy atom. The smallest absolute Gasteiger partial charge is 0.00845 e. The van der Waals surface area contributed by atoms with Gasteiger partial charge in [-0.15, -0.1) is 0 Å². The van der Waals surface area contributed by atoms with Gasteiger partial charge in [-0.3, -0.25) is 0 Å². The minimum Gasteiger partial charge on any atom is -0.327 e. The molecular weight excluding hydrogens is 170 g/mol. The first-order valence-electron chi connectivity index (χ1n) is 5.47. The zero-order valence-corrected chi connectivity index (χ0v) is 8.87. The molecule has 0 aromatic heterocycles. The van der Waals surface area contributed by atoms with Crippen LogP contribution in [0.2, 0.25) is 0 Å². The molecule has 0 heterocycles. The molecule has 0 aliphatic heterocycles. The third kappa shape index (κ3) is 2.58. The monoisotopic (exact) mass is 189 g/mol. The summed E-state index contributed by atoms with van der Waals surface area (Å²) in [6, 6.07) is 10.9. The highest BCUT2D eigenvalue weighted by Crippen LogP contribution is 2.48. The van der Waals surface area contributed by atoms with Crippen molar-refractivity contribution in [3.05, 3.63) is 35.9 Å². The topological polar surface area (TPSA) is 26.0 Å². The largest absolute Gasteiger partial charge is 0.327 e. The van der Waals surface area contributed by atoms with Crippen LogP contribution in [0.15, 0.2) is 30.3 Å². The Balaban J connectivity index is 1.85.